The molecule has 1 atom stereocenters. The van der Waals surface area contributed by atoms with Gasteiger partial charge in [0.05, 0.1) is 17.4 Å². The molecular weight excluding hydrogens is 258 g/mol. The standard InChI is InChI=1S/C13H17N5S/c1-3-10(12-14-4-5-15-12)16-8-11-9(2)17-13-18(11)6-7-19-13/h4-7,10,16H,3,8H2,1-2H3,(H,14,15). The maximum Gasteiger partial charge on any atom is 0.194 e. The predicted octanol–water partition coefficient (Wildman–Crippen LogP) is 2.67. The molecule has 100 valence electrons. The zero-order valence-electron chi connectivity index (χ0n) is 11.1. The number of aromatic amines is 1. The van der Waals surface area contributed by atoms with Crippen molar-refractivity contribution in [1.29, 1.82) is 0 Å². The van der Waals surface area contributed by atoms with Gasteiger partial charge in [0.25, 0.3) is 0 Å². The van der Waals surface area contributed by atoms with Crippen LogP contribution in [-0.4, -0.2) is 19.4 Å². The minimum Gasteiger partial charge on any atom is -0.347 e. The molecule has 3 rings (SSSR count). The Morgan fingerprint density at radius 1 is 1.53 bits per heavy atom. The molecule has 0 saturated heterocycles. The Morgan fingerprint density at radius 3 is 3.16 bits per heavy atom. The maximum absolute atomic E-state index is 4.56. The van der Waals surface area contributed by atoms with E-state index in [-0.39, 0.29) is 6.04 Å². The van der Waals surface area contributed by atoms with Crippen molar-refractivity contribution in [3.8, 4) is 0 Å². The number of aromatic nitrogens is 4. The molecule has 3 aromatic rings. The van der Waals surface area contributed by atoms with Crippen molar-refractivity contribution in [2.45, 2.75) is 32.9 Å². The summed E-state index contributed by atoms with van der Waals surface area (Å²) >= 11 is 1.67. The fourth-order valence-electron chi connectivity index (χ4n) is 2.28. The number of imidazole rings is 2. The first-order valence-electron chi connectivity index (χ1n) is 6.43. The SMILES string of the molecule is CCC(NCc1c(C)nc2sccn12)c1ncc[nH]1. The molecule has 0 saturated carbocycles. The van der Waals surface area contributed by atoms with E-state index in [2.05, 4.69) is 50.1 Å². The minimum atomic E-state index is 0.249. The number of H-pyrrole nitrogens is 1. The smallest absolute Gasteiger partial charge is 0.194 e. The number of rotatable bonds is 5. The number of fused-ring (bicyclic) bond motifs is 1. The molecule has 3 heterocycles. The number of aryl methyl sites for hydroxylation is 1. The van der Waals surface area contributed by atoms with E-state index in [9.17, 15) is 0 Å². The molecule has 0 aliphatic heterocycles. The summed E-state index contributed by atoms with van der Waals surface area (Å²) < 4.78 is 2.15. The summed E-state index contributed by atoms with van der Waals surface area (Å²) in [5.41, 5.74) is 2.31. The topological polar surface area (TPSA) is 58.0 Å². The van der Waals surface area contributed by atoms with Crippen LogP contribution in [0.1, 0.15) is 36.6 Å². The van der Waals surface area contributed by atoms with E-state index in [1.807, 2.05) is 6.20 Å². The summed E-state index contributed by atoms with van der Waals surface area (Å²) in [5, 5.41) is 5.61. The summed E-state index contributed by atoms with van der Waals surface area (Å²) in [7, 11) is 0. The highest BCUT2D eigenvalue weighted by molar-refractivity contribution is 7.15. The second-order valence-corrected chi connectivity index (χ2v) is 5.39. The Hall–Kier alpha value is -1.66. The maximum atomic E-state index is 4.56. The van der Waals surface area contributed by atoms with E-state index in [1.54, 1.807) is 17.5 Å². The lowest BCUT2D eigenvalue weighted by atomic mass is 10.2. The predicted molar refractivity (Wildman–Crippen MR) is 76.3 cm³/mol. The molecule has 2 N–H and O–H groups in total. The normalized spacial score (nSPS) is 13.2. The van der Waals surface area contributed by atoms with Crippen molar-refractivity contribution >= 4 is 16.3 Å². The van der Waals surface area contributed by atoms with Gasteiger partial charge >= 0.3 is 0 Å². The summed E-state index contributed by atoms with van der Waals surface area (Å²) in [6, 6.07) is 0.249. The van der Waals surface area contributed by atoms with Gasteiger partial charge in [-0.05, 0) is 13.3 Å². The van der Waals surface area contributed by atoms with Crippen molar-refractivity contribution in [2.75, 3.05) is 0 Å². The zero-order valence-corrected chi connectivity index (χ0v) is 11.9. The highest BCUT2D eigenvalue weighted by atomic mass is 32.1. The molecule has 1 unspecified atom stereocenters. The van der Waals surface area contributed by atoms with Gasteiger partial charge in [0.2, 0.25) is 0 Å². The lowest BCUT2D eigenvalue weighted by Gasteiger charge is -2.14. The second-order valence-electron chi connectivity index (χ2n) is 4.52. The fraction of sp³-hybridized carbons (Fsp3) is 0.385. The first-order chi connectivity index (χ1) is 9.29. The average Bonchev–Trinajstić information content (AvgIpc) is 3.09. The Kier molecular flexibility index (Phi) is 3.35. The van der Waals surface area contributed by atoms with Gasteiger partial charge in [0.15, 0.2) is 4.96 Å². The van der Waals surface area contributed by atoms with Gasteiger partial charge in [0, 0.05) is 30.5 Å². The number of thiazole rings is 1. The van der Waals surface area contributed by atoms with Crippen molar-refractivity contribution in [1.82, 2.24) is 24.7 Å². The van der Waals surface area contributed by atoms with Crippen LogP contribution in [-0.2, 0) is 6.54 Å². The first kappa shape index (κ1) is 12.4. The van der Waals surface area contributed by atoms with Crippen LogP contribution in [0.3, 0.4) is 0 Å². The van der Waals surface area contributed by atoms with Gasteiger partial charge in [-0.2, -0.15) is 0 Å². The quantitative estimate of drug-likeness (QED) is 0.752. The molecule has 0 aromatic carbocycles. The number of nitrogens with one attached hydrogen (secondary N) is 2. The molecule has 5 nitrogen and oxygen atoms in total. The van der Waals surface area contributed by atoms with E-state index < -0.39 is 0 Å². The van der Waals surface area contributed by atoms with Gasteiger partial charge in [-0.25, -0.2) is 9.97 Å². The van der Waals surface area contributed by atoms with Gasteiger partial charge in [-0.3, -0.25) is 4.40 Å². The summed E-state index contributed by atoms with van der Waals surface area (Å²) in [6.07, 6.45) is 6.73. The Labute approximate surface area is 115 Å². The van der Waals surface area contributed by atoms with E-state index >= 15 is 0 Å². The molecule has 6 heteroatoms. The molecule has 0 aliphatic rings. The molecule has 0 bridgehead atoms. The number of nitrogens with zero attached hydrogens (tertiary/aromatic N) is 3. The van der Waals surface area contributed by atoms with Crippen molar-refractivity contribution in [3.63, 3.8) is 0 Å². The average molecular weight is 275 g/mol. The lowest BCUT2D eigenvalue weighted by molar-refractivity contribution is 0.492. The molecule has 19 heavy (non-hydrogen) atoms. The van der Waals surface area contributed by atoms with Crippen LogP contribution < -0.4 is 5.32 Å². The van der Waals surface area contributed by atoms with Crippen LogP contribution in [0.4, 0.5) is 0 Å². The Balaban J connectivity index is 1.78. The molecule has 3 aromatic heterocycles. The van der Waals surface area contributed by atoms with Crippen molar-refractivity contribution in [2.24, 2.45) is 0 Å². The van der Waals surface area contributed by atoms with Crippen molar-refractivity contribution in [3.05, 3.63) is 41.2 Å². The van der Waals surface area contributed by atoms with Crippen LogP contribution in [0.2, 0.25) is 0 Å². The van der Waals surface area contributed by atoms with Crippen LogP contribution in [0.5, 0.6) is 0 Å². The summed E-state index contributed by atoms with van der Waals surface area (Å²) in [5.74, 6) is 0.992. The molecule has 0 spiro atoms. The Morgan fingerprint density at radius 2 is 2.42 bits per heavy atom. The highest BCUT2D eigenvalue weighted by Gasteiger charge is 2.14. The fourth-order valence-corrected chi connectivity index (χ4v) is 3.05. The first-order valence-corrected chi connectivity index (χ1v) is 7.31. The molecule has 0 aliphatic carbocycles. The third-order valence-electron chi connectivity index (χ3n) is 3.33. The van der Waals surface area contributed by atoms with Gasteiger partial charge in [-0.15, -0.1) is 11.3 Å². The molecule has 0 amide bonds. The van der Waals surface area contributed by atoms with Gasteiger partial charge in [0.1, 0.15) is 5.82 Å². The monoisotopic (exact) mass is 275 g/mol. The minimum absolute atomic E-state index is 0.249. The third kappa shape index (κ3) is 2.29. The summed E-state index contributed by atoms with van der Waals surface area (Å²) in [4.78, 5) is 13.1. The third-order valence-corrected chi connectivity index (χ3v) is 4.09. The van der Waals surface area contributed by atoms with Crippen molar-refractivity contribution < 1.29 is 0 Å². The second kappa shape index (κ2) is 5.14. The van der Waals surface area contributed by atoms with Crippen LogP contribution >= 0.6 is 11.3 Å². The zero-order chi connectivity index (χ0) is 13.2. The summed E-state index contributed by atoms with van der Waals surface area (Å²) in [6.45, 7) is 5.01. The van der Waals surface area contributed by atoms with Gasteiger partial charge < -0.3 is 10.3 Å². The van der Waals surface area contributed by atoms with Gasteiger partial charge in [-0.1, -0.05) is 6.92 Å². The van der Waals surface area contributed by atoms with Crippen LogP contribution in [0.15, 0.2) is 24.0 Å². The van der Waals surface area contributed by atoms with Crippen LogP contribution in [0.25, 0.3) is 4.96 Å². The lowest BCUT2D eigenvalue weighted by Crippen LogP contribution is -2.22. The van der Waals surface area contributed by atoms with E-state index in [0.717, 1.165) is 29.4 Å². The number of hydrogen-bond acceptors (Lipinski definition) is 4. The molecular formula is C13H17N5S. The molecule has 0 fully saturated rings. The van der Waals surface area contributed by atoms with E-state index in [4.69, 9.17) is 0 Å². The van der Waals surface area contributed by atoms with Crippen LogP contribution in [0, 0.1) is 6.92 Å². The highest BCUT2D eigenvalue weighted by Crippen LogP contribution is 2.18. The Bertz CT molecular complexity index is 652. The number of hydrogen-bond donors (Lipinski definition) is 2. The van der Waals surface area contributed by atoms with E-state index in [0.29, 0.717) is 0 Å². The molecule has 0 radical (unpaired) electrons. The van der Waals surface area contributed by atoms with E-state index in [1.165, 1.54) is 5.69 Å². The largest absolute Gasteiger partial charge is 0.347 e.